The zero-order chi connectivity index (χ0) is 18.4. The van der Waals surface area contributed by atoms with Crippen molar-refractivity contribution in [3.8, 4) is 0 Å². The number of aromatic nitrogens is 4. The van der Waals surface area contributed by atoms with E-state index in [0.29, 0.717) is 22.4 Å². The van der Waals surface area contributed by atoms with Crippen molar-refractivity contribution >= 4 is 29.3 Å². The van der Waals surface area contributed by atoms with Gasteiger partial charge in [-0.2, -0.15) is 5.10 Å². The summed E-state index contributed by atoms with van der Waals surface area (Å²) in [7, 11) is 1.55. The summed E-state index contributed by atoms with van der Waals surface area (Å²) < 4.78 is 6.98. The molecule has 3 aromatic rings. The van der Waals surface area contributed by atoms with Crippen molar-refractivity contribution in [2.75, 3.05) is 12.4 Å². The van der Waals surface area contributed by atoms with Crippen molar-refractivity contribution in [1.82, 2.24) is 25.1 Å². The van der Waals surface area contributed by atoms with Gasteiger partial charge in [-0.15, -0.1) is 0 Å². The average Bonchev–Trinajstić information content (AvgIpc) is 3.30. The molecule has 134 valence electrons. The minimum Gasteiger partial charge on any atom is -0.455 e. The molecule has 3 rings (SSSR count). The van der Waals surface area contributed by atoms with Gasteiger partial charge in [0.1, 0.15) is 12.3 Å². The number of hydrogen-bond donors (Lipinski definition) is 2. The molecule has 3 heterocycles. The van der Waals surface area contributed by atoms with Crippen LogP contribution in [-0.4, -0.2) is 38.6 Å². The number of anilines is 1. The molecule has 0 saturated carbocycles. The Kier molecular flexibility index (Phi) is 5.64. The minimum absolute atomic E-state index is 0.0794. The summed E-state index contributed by atoms with van der Waals surface area (Å²) in [4.78, 5) is 31.8. The van der Waals surface area contributed by atoms with Gasteiger partial charge in [-0.05, 0) is 18.2 Å². The van der Waals surface area contributed by atoms with Gasteiger partial charge in [-0.1, -0.05) is 11.8 Å². The normalized spacial score (nSPS) is 10.5. The molecule has 0 radical (unpaired) electrons. The Morgan fingerprint density at radius 3 is 2.85 bits per heavy atom. The first-order valence-electron chi connectivity index (χ1n) is 7.67. The summed E-state index contributed by atoms with van der Waals surface area (Å²) in [6.07, 6.45) is 6.37. The molecule has 0 unspecified atom stereocenters. The summed E-state index contributed by atoms with van der Waals surface area (Å²) in [5, 5.41) is 9.83. The molecule has 0 bridgehead atoms. The van der Waals surface area contributed by atoms with E-state index in [1.54, 1.807) is 43.8 Å². The summed E-state index contributed by atoms with van der Waals surface area (Å²) in [5.41, 5.74) is 0.476. The Bertz CT molecular complexity index is 892. The molecular formula is C16H16N6O3S. The maximum absolute atomic E-state index is 12.2. The molecule has 0 atom stereocenters. The maximum atomic E-state index is 12.2. The molecule has 10 heteroatoms. The lowest BCUT2D eigenvalue weighted by Crippen LogP contribution is -2.23. The van der Waals surface area contributed by atoms with E-state index in [0.717, 1.165) is 0 Å². The smallest absolute Gasteiger partial charge is 0.291 e. The van der Waals surface area contributed by atoms with E-state index in [1.165, 1.54) is 22.6 Å². The van der Waals surface area contributed by atoms with Crippen molar-refractivity contribution in [3.05, 3.63) is 54.5 Å². The number of nitrogens with zero attached hydrogens (tertiary/aromatic N) is 4. The van der Waals surface area contributed by atoms with Crippen LogP contribution < -0.4 is 10.6 Å². The molecule has 0 aliphatic carbocycles. The van der Waals surface area contributed by atoms with Crippen molar-refractivity contribution in [3.63, 3.8) is 0 Å². The van der Waals surface area contributed by atoms with E-state index < -0.39 is 5.91 Å². The fourth-order valence-corrected chi connectivity index (χ4v) is 2.70. The highest BCUT2D eigenvalue weighted by Gasteiger charge is 2.13. The second kappa shape index (κ2) is 8.30. The Morgan fingerprint density at radius 2 is 2.08 bits per heavy atom. The van der Waals surface area contributed by atoms with Crippen LogP contribution in [0.15, 0.2) is 52.6 Å². The van der Waals surface area contributed by atoms with E-state index in [2.05, 4.69) is 25.7 Å². The molecule has 0 aliphatic rings. The van der Waals surface area contributed by atoms with Gasteiger partial charge in [0.15, 0.2) is 10.9 Å². The van der Waals surface area contributed by atoms with Crippen LogP contribution in [0.4, 0.5) is 5.69 Å². The van der Waals surface area contributed by atoms with Crippen LogP contribution in [0.1, 0.15) is 16.3 Å². The van der Waals surface area contributed by atoms with E-state index in [-0.39, 0.29) is 18.2 Å². The third-order valence-electron chi connectivity index (χ3n) is 3.25. The second-order valence-electron chi connectivity index (χ2n) is 5.14. The molecule has 9 nitrogen and oxygen atoms in total. The first-order valence-corrected chi connectivity index (χ1v) is 8.65. The van der Waals surface area contributed by atoms with Gasteiger partial charge in [0, 0.05) is 25.6 Å². The van der Waals surface area contributed by atoms with E-state index in [4.69, 9.17) is 4.42 Å². The first kappa shape index (κ1) is 17.7. The Morgan fingerprint density at radius 1 is 1.27 bits per heavy atom. The topological polar surface area (TPSA) is 115 Å². The SMILES string of the molecule is CNC(=O)Cn1cc(NC(=O)c2ccc(CSc3ncccn3)o2)cn1. The van der Waals surface area contributed by atoms with Crippen LogP contribution in [0, 0.1) is 0 Å². The molecule has 0 fully saturated rings. The number of furan rings is 1. The van der Waals surface area contributed by atoms with Gasteiger partial charge in [0.2, 0.25) is 5.91 Å². The molecule has 2 N–H and O–H groups in total. The lowest BCUT2D eigenvalue weighted by Gasteiger charge is -2.00. The summed E-state index contributed by atoms with van der Waals surface area (Å²) >= 11 is 1.41. The predicted octanol–water partition coefficient (Wildman–Crippen LogP) is 1.56. The van der Waals surface area contributed by atoms with Gasteiger partial charge in [0.25, 0.3) is 5.91 Å². The molecular weight excluding hydrogens is 356 g/mol. The van der Waals surface area contributed by atoms with Crippen molar-refractivity contribution in [2.24, 2.45) is 0 Å². The third kappa shape index (κ3) is 4.70. The van der Waals surface area contributed by atoms with Crippen molar-refractivity contribution in [2.45, 2.75) is 17.5 Å². The molecule has 0 spiro atoms. The Balaban J connectivity index is 1.55. The molecule has 0 saturated heterocycles. The number of carbonyl (C=O) groups excluding carboxylic acids is 2. The van der Waals surface area contributed by atoms with Crippen molar-refractivity contribution in [1.29, 1.82) is 0 Å². The number of thioether (sulfide) groups is 1. The number of amides is 2. The lowest BCUT2D eigenvalue weighted by atomic mass is 10.4. The molecule has 26 heavy (non-hydrogen) atoms. The van der Waals surface area contributed by atoms with Gasteiger partial charge in [0.05, 0.1) is 17.6 Å². The zero-order valence-electron chi connectivity index (χ0n) is 13.9. The summed E-state index contributed by atoms with van der Waals surface area (Å²) in [6.45, 7) is 0.0794. The fraction of sp³-hybridized carbons (Fsp3) is 0.188. The number of hydrogen-bond acceptors (Lipinski definition) is 7. The number of carbonyl (C=O) groups is 2. The van der Waals surface area contributed by atoms with Crippen LogP contribution in [-0.2, 0) is 17.1 Å². The highest BCUT2D eigenvalue weighted by atomic mass is 32.2. The first-order chi connectivity index (χ1) is 12.6. The molecule has 0 aromatic carbocycles. The lowest BCUT2D eigenvalue weighted by molar-refractivity contribution is -0.121. The van der Waals surface area contributed by atoms with Crippen LogP contribution in [0.3, 0.4) is 0 Å². The highest BCUT2D eigenvalue weighted by Crippen LogP contribution is 2.20. The number of nitrogens with one attached hydrogen (secondary N) is 2. The van der Waals surface area contributed by atoms with Crippen LogP contribution in [0.25, 0.3) is 0 Å². The average molecular weight is 372 g/mol. The van der Waals surface area contributed by atoms with E-state index in [1.807, 2.05) is 0 Å². The number of rotatable bonds is 7. The minimum atomic E-state index is -0.392. The Labute approximate surface area is 153 Å². The molecule has 2 amide bonds. The summed E-state index contributed by atoms with van der Waals surface area (Å²) in [5.74, 6) is 0.774. The predicted molar refractivity (Wildman–Crippen MR) is 94.5 cm³/mol. The van der Waals surface area contributed by atoms with Gasteiger partial charge >= 0.3 is 0 Å². The monoisotopic (exact) mass is 372 g/mol. The number of likely N-dealkylation sites (N-methyl/N-ethyl adjacent to an activating group) is 1. The van der Waals surface area contributed by atoms with Gasteiger partial charge in [-0.3, -0.25) is 14.3 Å². The van der Waals surface area contributed by atoms with Gasteiger partial charge < -0.3 is 15.1 Å². The second-order valence-corrected chi connectivity index (χ2v) is 6.08. The van der Waals surface area contributed by atoms with E-state index in [9.17, 15) is 9.59 Å². The van der Waals surface area contributed by atoms with E-state index >= 15 is 0 Å². The largest absolute Gasteiger partial charge is 0.455 e. The van der Waals surface area contributed by atoms with Crippen LogP contribution in [0.2, 0.25) is 0 Å². The Hall–Kier alpha value is -3.14. The zero-order valence-corrected chi connectivity index (χ0v) is 14.7. The quantitative estimate of drug-likeness (QED) is 0.478. The standard InChI is InChI=1S/C16H16N6O3S/c1-17-14(23)9-22-8-11(7-20-22)21-15(24)13-4-3-12(25-13)10-26-16-18-5-2-6-19-16/h2-8H,9-10H2,1H3,(H,17,23)(H,21,24). The highest BCUT2D eigenvalue weighted by molar-refractivity contribution is 7.98. The van der Waals surface area contributed by atoms with Crippen LogP contribution in [0.5, 0.6) is 0 Å². The third-order valence-corrected chi connectivity index (χ3v) is 4.14. The van der Waals surface area contributed by atoms with Crippen LogP contribution >= 0.6 is 11.8 Å². The fourth-order valence-electron chi connectivity index (χ4n) is 2.01. The molecule has 0 aliphatic heterocycles. The van der Waals surface area contributed by atoms with Crippen molar-refractivity contribution < 1.29 is 14.0 Å². The molecule has 3 aromatic heterocycles. The maximum Gasteiger partial charge on any atom is 0.291 e. The summed E-state index contributed by atoms with van der Waals surface area (Å²) in [6, 6.07) is 5.09. The van der Waals surface area contributed by atoms with Gasteiger partial charge in [-0.25, -0.2) is 9.97 Å².